The second-order valence-corrected chi connectivity index (χ2v) is 7.78. The Hall–Kier alpha value is -3.91. The summed E-state index contributed by atoms with van der Waals surface area (Å²) in [5.41, 5.74) is 1.79. The van der Waals surface area contributed by atoms with Crippen molar-refractivity contribution in [1.29, 1.82) is 0 Å². The summed E-state index contributed by atoms with van der Waals surface area (Å²) < 4.78 is 23.9. The molecule has 0 aromatic heterocycles. The first-order valence-electron chi connectivity index (χ1n) is 10.4. The van der Waals surface area contributed by atoms with E-state index in [1.165, 1.54) is 24.3 Å². The van der Waals surface area contributed by atoms with E-state index in [2.05, 4.69) is 0 Å². The van der Waals surface area contributed by atoms with Crippen LogP contribution in [-0.4, -0.2) is 32.1 Å². The lowest BCUT2D eigenvalue weighted by Gasteiger charge is -2.29. The largest absolute Gasteiger partial charge is 0.497 e. The zero-order chi connectivity index (χ0) is 23.1. The Bertz CT molecular complexity index is 1180. The van der Waals surface area contributed by atoms with Gasteiger partial charge >= 0.3 is 0 Å². The highest BCUT2D eigenvalue weighted by atomic mass is 19.1. The summed E-state index contributed by atoms with van der Waals surface area (Å²) in [6, 6.07) is 19.2. The lowest BCUT2D eigenvalue weighted by molar-refractivity contribution is -0.126. The minimum atomic E-state index is -1.00. The normalized spacial score (nSPS) is 22.0. The lowest BCUT2D eigenvalue weighted by atomic mass is 9.90. The highest BCUT2D eigenvalue weighted by molar-refractivity contribution is 6.23. The Kier molecular flexibility index (Phi) is 5.22. The zero-order valence-electron chi connectivity index (χ0n) is 18.0. The molecule has 3 aromatic carbocycles. The fraction of sp³-hybridized carbons (Fsp3) is 0.200. The summed E-state index contributed by atoms with van der Waals surface area (Å²) in [5, 5.41) is 1.61. The second-order valence-electron chi connectivity index (χ2n) is 7.78. The maximum Gasteiger partial charge on any atom is 0.266 e. The van der Waals surface area contributed by atoms with Crippen LogP contribution in [0.5, 0.6) is 11.5 Å². The predicted octanol–water partition coefficient (Wildman–Crippen LogP) is 3.89. The standard InChI is InChI=1S/C25H21FN2O5/c1-31-19-11-3-15(4-12-19)22-21-23(33-28(22)18-9-13-20(32-2)14-10-18)25(30)27(24(21)29)17-7-5-16(26)6-8-17/h3-14,21-23H,1-2H3. The van der Waals surface area contributed by atoms with E-state index >= 15 is 0 Å². The van der Waals surface area contributed by atoms with Crippen LogP contribution in [0.4, 0.5) is 15.8 Å². The van der Waals surface area contributed by atoms with Crippen LogP contribution in [0.25, 0.3) is 0 Å². The first-order chi connectivity index (χ1) is 16.0. The van der Waals surface area contributed by atoms with Crippen molar-refractivity contribution in [3.63, 3.8) is 0 Å². The van der Waals surface area contributed by atoms with E-state index in [9.17, 15) is 14.0 Å². The Labute approximate surface area is 189 Å². The maximum atomic E-state index is 13.5. The zero-order valence-corrected chi connectivity index (χ0v) is 18.0. The number of carbonyl (C=O) groups excluding carboxylic acids is 2. The highest BCUT2D eigenvalue weighted by Crippen LogP contribution is 2.47. The molecular weight excluding hydrogens is 427 g/mol. The van der Waals surface area contributed by atoms with Crippen molar-refractivity contribution in [2.75, 3.05) is 24.2 Å². The molecule has 0 N–H and O–H groups in total. The highest BCUT2D eigenvalue weighted by Gasteiger charge is 2.60. The molecule has 7 nitrogen and oxygen atoms in total. The number of methoxy groups -OCH3 is 2. The van der Waals surface area contributed by atoms with Gasteiger partial charge in [-0.05, 0) is 66.2 Å². The van der Waals surface area contributed by atoms with Crippen molar-refractivity contribution in [3.8, 4) is 11.5 Å². The number of benzene rings is 3. The molecule has 2 heterocycles. The van der Waals surface area contributed by atoms with Gasteiger partial charge in [-0.3, -0.25) is 14.4 Å². The number of hydrogen-bond donors (Lipinski definition) is 0. The van der Waals surface area contributed by atoms with Gasteiger partial charge < -0.3 is 9.47 Å². The summed E-state index contributed by atoms with van der Waals surface area (Å²) in [4.78, 5) is 34.0. The molecule has 2 aliphatic heterocycles. The number of carbonyl (C=O) groups is 2. The van der Waals surface area contributed by atoms with Crippen molar-refractivity contribution in [2.24, 2.45) is 5.92 Å². The van der Waals surface area contributed by atoms with Gasteiger partial charge in [-0.1, -0.05) is 12.1 Å². The van der Waals surface area contributed by atoms with Crippen LogP contribution >= 0.6 is 0 Å². The van der Waals surface area contributed by atoms with Gasteiger partial charge in [0.15, 0.2) is 6.10 Å². The third kappa shape index (κ3) is 3.48. The molecule has 0 bridgehead atoms. The molecule has 0 aliphatic carbocycles. The van der Waals surface area contributed by atoms with Gasteiger partial charge in [-0.15, -0.1) is 0 Å². The second kappa shape index (κ2) is 8.22. The molecule has 0 radical (unpaired) electrons. The fourth-order valence-corrected chi connectivity index (χ4v) is 4.35. The van der Waals surface area contributed by atoms with Crippen LogP contribution in [0.1, 0.15) is 11.6 Å². The molecule has 3 atom stereocenters. The molecule has 33 heavy (non-hydrogen) atoms. The van der Waals surface area contributed by atoms with Gasteiger partial charge in [0.25, 0.3) is 5.91 Å². The monoisotopic (exact) mass is 448 g/mol. The summed E-state index contributed by atoms with van der Waals surface area (Å²) in [6.07, 6.45) is -1.00. The average molecular weight is 448 g/mol. The van der Waals surface area contributed by atoms with Crippen LogP contribution in [0, 0.1) is 11.7 Å². The minimum Gasteiger partial charge on any atom is -0.497 e. The molecule has 8 heteroatoms. The van der Waals surface area contributed by atoms with Gasteiger partial charge in [0.05, 0.1) is 31.6 Å². The number of hydroxylamine groups is 1. The molecule has 0 saturated carbocycles. The molecule has 2 aliphatic rings. The van der Waals surface area contributed by atoms with Crippen molar-refractivity contribution in [1.82, 2.24) is 0 Å². The van der Waals surface area contributed by atoms with E-state index < -0.39 is 35.7 Å². The van der Waals surface area contributed by atoms with Gasteiger partial charge in [-0.2, -0.15) is 0 Å². The Balaban J connectivity index is 1.56. The van der Waals surface area contributed by atoms with E-state index in [-0.39, 0.29) is 0 Å². The van der Waals surface area contributed by atoms with Crippen molar-refractivity contribution in [2.45, 2.75) is 12.1 Å². The van der Waals surface area contributed by atoms with E-state index in [1.807, 2.05) is 24.3 Å². The van der Waals surface area contributed by atoms with E-state index in [0.29, 0.717) is 22.9 Å². The molecule has 0 spiro atoms. The average Bonchev–Trinajstić information content (AvgIpc) is 3.36. The predicted molar refractivity (Wildman–Crippen MR) is 118 cm³/mol. The summed E-state index contributed by atoms with van der Waals surface area (Å²) in [5.74, 6) is -0.755. The number of nitrogens with zero attached hydrogens (tertiary/aromatic N) is 2. The molecule has 3 unspecified atom stereocenters. The van der Waals surface area contributed by atoms with Crippen LogP contribution in [0.15, 0.2) is 72.8 Å². The summed E-state index contributed by atoms with van der Waals surface area (Å²) in [7, 11) is 3.15. The number of rotatable bonds is 5. The lowest BCUT2D eigenvalue weighted by Crippen LogP contribution is -2.37. The number of anilines is 2. The third-order valence-electron chi connectivity index (χ3n) is 5.98. The number of hydrogen-bond acceptors (Lipinski definition) is 6. The first-order valence-corrected chi connectivity index (χ1v) is 10.4. The number of fused-ring (bicyclic) bond motifs is 1. The quantitative estimate of drug-likeness (QED) is 0.552. The number of ether oxygens (including phenoxy) is 2. The maximum absolute atomic E-state index is 13.5. The molecule has 2 saturated heterocycles. The van der Waals surface area contributed by atoms with Crippen molar-refractivity contribution in [3.05, 3.63) is 84.2 Å². The van der Waals surface area contributed by atoms with Gasteiger partial charge in [-0.25, -0.2) is 14.4 Å². The minimum absolute atomic E-state index is 0.314. The smallest absolute Gasteiger partial charge is 0.266 e. The Morgan fingerprint density at radius 3 is 1.88 bits per heavy atom. The molecule has 3 aromatic rings. The SMILES string of the molecule is COc1ccc(C2C3C(=O)N(c4ccc(F)cc4)C(=O)C3ON2c2ccc(OC)cc2)cc1. The molecule has 2 fully saturated rings. The van der Waals surface area contributed by atoms with E-state index in [4.69, 9.17) is 14.3 Å². The number of imide groups is 1. The molecule has 5 rings (SSSR count). The molecular formula is C25H21FN2O5. The third-order valence-corrected chi connectivity index (χ3v) is 5.98. The number of halogens is 1. The van der Waals surface area contributed by atoms with Crippen LogP contribution in [0.3, 0.4) is 0 Å². The van der Waals surface area contributed by atoms with Gasteiger partial charge in [0, 0.05) is 0 Å². The van der Waals surface area contributed by atoms with Gasteiger partial charge in [0.1, 0.15) is 23.2 Å². The van der Waals surface area contributed by atoms with Gasteiger partial charge in [0.2, 0.25) is 5.91 Å². The Morgan fingerprint density at radius 1 is 0.758 bits per heavy atom. The molecule has 168 valence electrons. The van der Waals surface area contributed by atoms with Crippen molar-refractivity contribution >= 4 is 23.2 Å². The molecule has 2 amide bonds. The van der Waals surface area contributed by atoms with E-state index in [0.717, 1.165) is 10.5 Å². The summed E-state index contributed by atoms with van der Waals surface area (Å²) in [6.45, 7) is 0. The first kappa shape index (κ1) is 21.0. The van der Waals surface area contributed by atoms with E-state index in [1.54, 1.807) is 43.5 Å². The Morgan fingerprint density at radius 2 is 1.30 bits per heavy atom. The van der Waals surface area contributed by atoms with Crippen LogP contribution in [-0.2, 0) is 14.4 Å². The topological polar surface area (TPSA) is 68.3 Å². The number of amides is 2. The summed E-state index contributed by atoms with van der Waals surface area (Å²) >= 11 is 0. The van der Waals surface area contributed by atoms with Crippen molar-refractivity contribution < 1.29 is 28.3 Å². The fourth-order valence-electron chi connectivity index (χ4n) is 4.35. The van der Waals surface area contributed by atoms with Crippen LogP contribution in [0.2, 0.25) is 0 Å². The van der Waals surface area contributed by atoms with Crippen LogP contribution < -0.4 is 19.4 Å².